The zero-order valence-corrected chi connectivity index (χ0v) is 11.4. The fourth-order valence-corrected chi connectivity index (χ4v) is 1.58. The lowest BCUT2D eigenvalue weighted by Gasteiger charge is -2.14. The topological polar surface area (TPSA) is 87.7 Å². The largest absolute Gasteiger partial charge is 0.480 e. The Hall–Kier alpha value is -2.41. The Morgan fingerprint density at radius 2 is 2.05 bits per heavy atom. The third-order valence-corrected chi connectivity index (χ3v) is 2.48. The minimum absolute atomic E-state index is 0.0550. The third-order valence-electron chi connectivity index (χ3n) is 2.20. The Labute approximate surface area is 121 Å². The molecule has 0 aliphatic carbocycles. The van der Waals surface area contributed by atoms with Crippen molar-refractivity contribution < 1.29 is 19.4 Å². The molecule has 1 aromatic rings. The Morgan fingerprint density at radius 3 is 2.60 bits per heavy atom. The van der Waals surface area contributed by atoms with Crippen molar-refractivity contribution >= 4 is 29.3 Å². The van der Waals surface area contributed by atoms with Gasteiger partial charge in [-0.2, -0.15) is 0 Å². The van der Waals surface area contributed by atoms with E-state index in [1.165, 1.54) is 6.20 Å². The van der Waals surface area contributed by atoms with Crippen molar-refractivity contribution in [1.29, 1.82) is 0 Å². The van der Waals surface area contributed by atoms with Crippen molar-refractivity contribution in [2.45, 2.75) is 12.5 Å². The van der Waals surface area contributed by atoms with E-state index in [0.29, 0.717) is 5.75 Å². The molecular weight excluding hydrogens is 280 g/mol. The number of ether oxygens (including phenoxy) is 1. The summed E-state index contributed by atoms with van der Waals surface area (Å²) in [7, 11) is 0. The van der Waals surface area contributed by atoms with Crippen LogP contribution in [-0.2, 0) is 4.79 Å². The summed E-state index contributed by atoms with van der Waals surface area (Å²) in [6.07, 6.45) is 0.425. The molecule has 0 aliphatic heterocycles. The molecule has 20 heavy (non-hydrogen) atoms. The quantitative estimate of drug-likeness (QED) is 0.692. The molecule has 3 N–H and O–H groups in total. The number of rotatable bonds is 6. The first-order valence-corrected chi connectivity index (χ1v) is 6.10. The van der Waals surface area contributed by atoms with Crippen LogP contribution in [0.3, 0.4) is 0 Å². The fourth-order valence-electron chi connectivity index (χ4n) is 1.33. The molecule has 0 spiro atoms. The number of carbonyl (C=O) groups excluding carboxylic acids is 1. The number of carboxylic acid groups (broad SMARTS) is 1. The van der Waals surface area contributed by atoms with Crippen molar-refractivity contribution in [1.82, 2.24) is 10.6 Å². The molecule has 0 bridgehead atoms. The van der Waals surface area contributed by atoms with E-state index < -0.39 is 18.1 Å². The zero-order valence-electron chi connectivity index (χ0n) is 10.5. The van der Waals surface area contributed by atoms with Crippen LogP contribution in [0.1, 0.15) is 6.42 Å². The molecular formula is C13H14N2O4S. The van der Waals surface area contributed by atoms with E-state index in [1.807, 2.05) is 0 Å². The maximum absolute atomic E-state index is 11.6. The second-order valence-electron chi connectivity index (χ2n) is 3.71. The Bertz CT molecular complexity index is 504. The monoisotopic (exact) mass is 294 g/mol. The minimum atomic E-state index is -1.21. The van der Waals surface area contributed by atoms with Gasteiger partial charge in [0.25, 0.3) is 0 Å². The smallest absolute Gasteiger partial charge is 0.413 e. The average molecular weight is 294 g/mol. The van der Waals surface area contributed by atoms with Crippen molar-refractivity contribution in [3.63, 3.8) is 0 Å². The van der Waals surface area contributed by atoms with Crippen molar-refractivity contribution in [2.24, 2.45) is 0 Å². The molecule has 0 fully saturated rings. The van der Waals surface area contributed by atoms with Gasteiger partial charge < -0.3 is 20.5 Å². The fraction of sp³-hybridized carbons (Fsp3) is 0.154. The van der Waals surface area contributed by atoms with E-state index in [0.717, 1.165) is 0 Å². The lowest BCUT2D eigenvalue weighted by atomic mass is 10.2. The standard InChI is InChI=1S/C13H14N2O4S/c1-2-14-11(20)8-10(12(16)17)15-13(18)19-9-6-4-3-5-7-9/h2-7,10H,1,8H2,(H,14,20)(H,15,18)(H,16,17). The predicted molar refractivity (Wildman–Crippen MR) is 77.6 cm³/mol. The number of benzene rings is 1. The summed E-state index contributed by atoms with van der Waals surface area (Å²) in [6, 6.07) is 7.15. The number of para-hydroxylation sites is 1. The highest BCUT2D eigenvalue weighted by Gasteiger charge is 2.22. The molecule has 0 saturated carbocycles. The van der Waals surface area contributed by atoms with E-state index in [1.54, 1.807) is 30.3 Å². The number of hydrogen-bond acceptors (Lipinski definition) is 4. The van der Waals surface area contributed by atoms with Gasteiger partial charge in [-0.1, -0.05) is 37.0 Å². The molecule has 1 amide bonds. The predicted octanol–water partition coefficient (Wildman–Crippen LogP) is 1.68. The second kappa shape index (κ2) is 7.90. The third kappa shape index (κ3) is 5.49. The van der Waals surface area contributed by atoms with Crippen LogP contribution in [0.5, 0.6) is 5.75 Å². The van der Waals surface area contributed by atoms with Gasteiger partial charge >= 0.3 is 12.1 Å². The van der Waals surface area contributed by atoms with Crippen LogP contribution >= 0.6 is 12.2 Å². The number of carboxylic acids is 1. The van der Waals surface area contributed by atoms with Crippen LogP contribution in [0.15, 0.2) is 43.1 Å². The number of hydrogen-bond donors (Lipinski definition) is 3. The van der Waals surface area contributed by atoms with Crippen LogP contribution in [0, 0.1) is 0 Å². The zero-order chi connectivity index (χ0) is 15.0. The van der Waals surface area contributed by atoms with E-state index in [9.17, 15) is 9.59 Å². The second-order valence-corrected chi connectivity index (χ2v) is 4.21. The summed E-state index contributed by atoms with van der Waals surface area (Å²) in [6.45, 7) is 3.41. The number of carbonyl (C=O) groups is 2. The van der Waals surface area contributed by atoms with E-state index >= 15 is 0 Å². The molecule has 0 heterocycles. The highest BCUT2D eigenvalue weighted by molar-refractivity contribution is 7.80. The van der Waals surface area contributed by atoms with Gasteiger partial charge in [0, 0.05) is 6.42 Å². The lowest BCUT2D eigenvalue weighted by Crippen LogP contribution is -2.44. The lowest BCUT2D eigenvalue weighted by molar-refractivity contribution is -0.139. The summed E-state index contributed by atoms with van der Waals surface area (Å²) in [5.74, 6) is -0.885. The van der Waals surface area contributed by atoms with E-state index in [-0.39, 0.29) is 11.4 Å². The SMILES string of the molecule is C=CNC(=S)CC(NC(=O)Oc1ccccc1)C(=O)O. The number of nitrogens with one attached hydrogen (secondary N) is 2. The van der Waals surface area contributed by atoms with Gasteiger partial charge in [0.15, 0.2) is 0 Å². The Kier molecular flexibility index (Phi) is 6.18. The normalized spacial score (nSPS) is 11.0. The van der Waals surface area contributed by atoms with Crippen molar-refractivity contribution in [3.05, 3.63) is 43.1 Å². The molecule has 0 radical (unpaired) electrons. The highest BCUT2D eigenvalue weighted by Crippen LogP contribution is 2.08. The average Bonchev–Trinajstić information content (AvgIpc) is 2.39. The molecule has 1 aromatic carbocycles. The first-order valence-electron chi connectivity index (χ1n) is 5.69. The molecule has 0 aromatic heterocycles. The molecule has 1 unspecified atom stereocenters. The van der Waals surface area contributed by atoms with Crippen LogP contribution in [-0.4, -0.2) is 28.2 Å². The Morgan fingerprint density at radius 1 is 1.40 bits per heavy atom. The van der Waals surface area contributed by atoms with Crippen LogP contribution in [0.4, 0.5) is 4.79 Å². The molecule has 6 nitrogen and oxygen atoms in total. The number of aliphatic carboxylic acids is 1. The molecule has 106 valence electrons. The summed E-state index contributed by atoms with van der Waals surface area (Å²) in [5, 5.41) is 13.8. The summed E-state index contributed by atoms with van der Waals surface area (Å²) < 4.78 is 4.94. The summed E-state index contributed by atoms with van der Waals surface area (Å²) >= 11 is 4.89. The molecule has 1 rings (SSSR count). The molecule has 1 atom stereocenters. The van der Waals surface area contributed by atoms with Gasteiger partial charge in [0.1, 0.15) is 11.8 Å². The number of thiocarbonyl (C=S) groups is 1. The van der Waals surface area contributed by atoms with E-state index in [4.69, 9.17) is 22.1 Å². The van der Waals surface area contributed by atoms with Crippen molar-refractivity contribution in [3.8, 4) is 5.75 Å². The van der Waals surface area contributed by atoms with Crippen LogP contribution in [0.2, 0.25) is 0 Å². The first kappa shape index (κ1) is 15.6. The van der Waals surface area contributed by atoms with Gasteiger partial charge in [0.05, 0.1) is 4.99 Å². The van der Waals surface area contributed by atoms with Crippen LogP contribution < -0.4 is 15.4 Å². The molecule has 0 aliphatic rings. The minimum Gasteiger partial charge on any atom is -0.480 e. The van der Waals surface area contributed by atoms with Crippen molar-refractivity contribution in [2.75, 3.05) is 0 Å². The summed E-state index contributed by atoms with van der Waals surface area (Å²) in [4.78, 5) is 22.9. The van der Waals surface area contributed by atoms with Gasteiger partial charge in [-0.05, 0) is 18.3 Å². The molecule has 0 saturated heterocycles. The van der Waals surface area contributed by atoms with Gasteiger partial charge in [-0.15, -0.1) is 0 Å². The summed E-state index contributed by atoms with van der Waals surface area (Å²) in [5.41, 5.74) is 0. The maximum atomic E-state index is 11.6. The maximum Gasteiger partial charge on any atom is 0.413 e. The Balaban J connectivity index is 2.57. The first-order chi connectivity index (χ1) is 9.52. The van der Waals surface area contributed by atoms with E-state index in [2.05, 4.69) is 17.2 Å². The molecule has 7 heteroatoms. The van der Waals surface area contributed by atoms with Gasteiger partial charge in [-0.3, -0.25) is 0 Å². The van der Waals surface area contributed by atoms with Gasteiger partial charge in [-0.25, -0.2) is 9.59 Å². The van der Waals surface area contributed by atoms with Gasteiger partial charge in [0.2, 0.25) is 0 Å². The van der Waals surface area contributed by atoms with Crippen LogP contribution in [0.25, 0.3) is 0 Å². The highest BCUT2D eigenvalue weighted by atomic mass is 32.1. The number of amides is 1.